The molecule has 2 aliphatic rings. The summed E-state index contributed by atoms with van der Waals surface area (Å²) >= 11 is 0. The minimum Gasteiger partial charge on any atom is -0.378 e. The Bertz CT molecular complexity index is 287. The lowest BCUT2D eigenvalue weighted by atomic mass is 9.99. The van der Waals surface area contributed by atoms with Crippen molar-refractivity contribution in [2.75, 3.05) is 39.4 Å². The van der Waals surface area contributed by atoms with Crippen molar-refractivity contribution in [2.24, 2.45) is 5.92 Å². The summed E-state index contributed by atoms with van der Waals surface area (Å²) in [5, 5.41) is 0. The highest BCUT2D eigenvalue weighted by atomic mass is 16.5. The Morgan fingerprint density at radius 3 is 2.56 bits per heavy atom. The number of carbonyl (C=O) groups is 2. The normalized spacial score (nSPS) is 27.1. The molecule has 2 heterocycles. The van der Waals surface area contributed by atoms with Crippen LogP contribution in [0.5, 0.6) is 0 Å². The Labute approximate surface area is 95.3 Å². The summed E-state index contributed by atoms with van der Waals surface area (Å²) in [6.07, 6.45) is 0.497. The zero-order valence-corrected chi connectivity index (χ0v) is 9.65. The van der Waals surface area contributed by atoms with Crippen LogP contribution in [0.15, 0.2) is 0 Å². The van der Waals surface area contributed by atoms with Crippen LogP contribution < -0.4 is 0 Å². The fourth-order valence-corrected chi connectivity index (χ4v) is 2.14. The molecule has 2 saturated heterocycles. The quantitative estimate of drug-likeness (QED) is 0.599. The van der Waals surface area contributed by atoms with E-state index in [9.17, 15) is 9.59 Å². The van der Waals surface area contributed by atoms with Crippen molar-refractivity contribution in [3.05, 3.63) is 0 Å². The van der Waals surface area contributed by atoms with E-state index in [4.69, 9.17) is 4.74 Å². The van der Waals surface area contributed by atoms with E-state index in [0.29, 0.717) is 45.8 Å². The SMILES string of the molecule is CC1CN(C(=O)N2CCOCC2)CCC1=O. The van der Waals surface area contributed by atoms with Gasteiger partial charge in [-0.2, -0.15) is 0 Å². The van der Waals surface area contributed by atoms with E-state index in [0.717, 1.165) is 0 Å². The topological polar surface area (TPSA) is 49.9 Å². The predicted molar refractivity (Wildman–Crippen MR) is 58.1 cm³/mol. The van der Waals surface area contributed by atoms with Gasteiger partial charge in [0.25, 0.3) is 0 Å². The molecule has 90 valence electrons. The van der Waals surface area contributed by atoms with E-state index in [-0.39, 0.29) is 17.7 Å². The second-order valence-corrected chi connectivity index (χ2v) is 4.45. The summed E-state index contributed by atoms with van der Waals surface area (Å²) in [5.41, 5.74) is 0. The third-order valence-electron chi connectivity index (χ3n) is 3.22. The first-order valence-corrected chi connectivity index (χ1v) is 5.83. The lowest BCUT2D eigenvalue weighted by Gasteiger charge is -2.36. The highest BCUT2D eigenvalue weighted by molar-refractivity contribution is 5.84. The summed E-state index contributed by atoms with van der Waals surface area (Å²) in [7, 11) is 0. The van der Waals surface area contributed by atoms with Gasteiger partial charge < -0.3 is 14.5 Å². The maximum atomic E-state index is 12.1. The maximum absolute atomic E-state index is 12.1. The average molecular weight is 226 g/mol. The monoisotopic (exact) mass is 226 g/mol. The van der Waals surface area contributed by atoms with Gasteiger partial charge in [-0.25, -0.2) is 4.79 Å². The van der Waals surface area contributed by atoms with Crippen LogP contribution in [0.3, 0.4) is 0 Å². The smallest absolute Gasteiger partial charge is 0.320 e. The Morgan fingerprint density at radius 1 is 1.25 bits per heavy atom. The van der Waals surface area contributed by atoms with Gasteiger partial charge in [-0.1, -0.05) is 6.92 Å². The zero-order chi connectivity index (χ0) is 11.5. The number of morpholine rings is 1. The van der Waals surface area contributed by atoms with Crippen LogP contribution in [0.1, 0.15) is 13.3 Å². The Kier molecular flexibility index (Phi) is 3.43. The number of urea groups is 1. The van der Waals surface area contributed by atoms with Crippen molar-refractivity contribution in [2.45, 2.75) is 13.3 Å². The lowest BCUT2D eigenvalue weighted by molar-refractivity contribution is -0.125. The first-order chi connectivity index (χ1) is 7.68. The van der Waals surface area contributed by atoms with E-state index < -0.39 is 0 Å². The number of piperidine rings is 1. The molecule has 2 fully saturated rings. The van der Waals surface area contributed by atoms with Gasteiger partial charge in [0.15, 0.2) is 0 Å². The second kappa shape index (κ2) is 4.82. The van der Waals surface area contributed by atoms with Crippen molar-refractivity contribution in [3.8, 4) is 0 Å². The van der Waals surface area contributed by atoms with E-state index >= 15 is 0 Å². The van der Waals surface area contributed by atoms with E-state index in [2.05, 4.69) is 0 Å². The summed E-state index contributed by atoms with van der Waals surface area (Å²) < 4.78 is 5.21. The van der Waals surface area contributed by atoms with Crippen molar-refractivity contribution in [1.82, 2.24) is 9.80 Å². The molecule has 0 saturated carbocycles. The van der Waals surface area contributed by atoms with Crippen LogP contribution in [0.4, 0.5) is 4.79 Å². The average Bonchev–Trinajstić information content (AvgIpc) is 2.33. The van der Waals surface area contributed by atoms with Crippen LogP contribution in [0, 0.1) is 5.92 Å². The molecule has 0 aromatic carbocycles. The molecule has 0 spiro atoms. The highest BCUT2D eigenvalue weighted by Gasteiger charge is 2.29. The number of ketones is 1. The molecule has 0 aliphatic carbocycles. The van der Waals surface area contributed by atoms with Gasteiger partial charge in [-0.3, -0.25) is 4.79 Å². The summed E-state index contributed by atoms with van der Waals surface area (Å²) in [6, 6.07) is 0.0580. The number of hydrogen-bond donors (Lipinski definition) is 0. The molecular formula is C11H18N2O3. The van der Waals surface area contributed by atoms with Crippen molar-refractivity contribution in [1.29, 1.82) is 0 Å². The third-order valence-corrected chi connectivity index (χ3v) is 3.22. The van der Waals surface area contributed by atoms with Crippen LogP contribution in [-0.2, 0) is 9.53 Å². The largest absolute Gasteiger partial charge is 0.378 e. The van der Waals surface area contributed by atoms with Crippen molar-refractivity contribution < 1.29 is 14.3 Å². The van der Waals surface area contributed by atoms with E-state index in [1.165, 1.54) is 0 Å². The van der Waals surface area contributed by atoms with Gasteiger partial charge in [0.2, 0.25) is 0 Å². The molecule has 2 rings (SSSR count). The number of ether oxygens (including phenoxy) is 1. The summed E-state index contributed by atoms with van der Waals surface area (Å²) in [5.74, 6) is 0.254. The Hall–Kier alpha value is -1.10. The zero-order valence-electron chi connectivity index (χ0n) is 9.65. The third kappa shape index (κ3) is 2.35. The standard InChI is InChI=1S/C11H18N2O3/c1-9-8-13(3-2-10(9)14)11(15)12-4-6-16-7-5-12/h9H,2-8H2,1H3. The van der Waals surface area contributed by atoms with Crippen molar-refractivity contribution in [3.63, 3.8) is 0 Å². The van der Waals surface area contributed by atoms with Crippen LogP contribution >= 0.6 is 0 Å². The number of nitrogens with zero attached hydrogens (tertiary/aromatic N) is 2. The first-order valence-electron chi connectivity index (χ1n) is 5.83. The molecule has 0 radical (unpaired) electrons. The lowest BCUT2D eigenvalue weighted by Crippen LogP contribution is -2.52. The number of rotatable bonds is 0. The molecule has 0 aromatic rings. The van der Waals surface area contributed by atoms with Crippen molar-refractivity contribution >= 4 is 11.8 Å². The Balaban J connectivity index is 1.91. The summed E-state index contributed by atoms with van der Waals surface area (Å²) in [4.78, 5) is 27.1. The van der Waals surface area contributed by atoms with Gasteiger partial charge in [-0.05, 0) is 0 Å². The predicted octanol–water partition coefficient (Wildman–Crippen LogP) is 0.350. The van der Waals surface area contributed by atoms with Gasteiger partial charge in [0, 0.05) is 38.5 Å². The Morgan fingerprint density at radius 2 is 1.94 bits per heavy atom. The molecule has 0 aromatic heterocycles. The van der Waals surface area contributed by atoms with E-state index in [1.807, 2.05) is 11.8 Å². The summed E-state index contributed by atoms with van der Waals surface area (Å²) in [6.45, 7) is 5.59. The number of carbonyl (C=O) groups excluding carboxylic acids is 2. The molecule has 1 unspecified atom stereocenters. The molecule has 0 N–H and O–H groups in total. The molecular weight excluding hydrogens is 208 g/mol. The van der Waals surface area contributed by atoms with Gasteiger partial charge in [-0.15, -0.1) is 0 Å². The molecule has 16 heavy (non-hydrogen) atoms. The second-order valence-electron chi connectivity index (χ2n) is 4.45. The number of Topliss-reactive ketones (excluding diaryl/α,β-unsaturated/α-hetero) is 1. The molecule has 2 amide bonds. The molecule has 5 nitrogen and oxygen atoms in total. The van der Waals surface area contributed by atoms with E-state index in [1.54, 1.807) is 4.90 Å². The van der Waals surface area contributed by atoms with Gasteiger partial charge in [0.1, 0.15) is 5.78 Å². The molecule has 0 bridgehead atoms. The van der Waals surface area contributed by atoms with Gasteiger partial charge >= 0.3 is 6.03 Å². The molecule has 5 heteroatoms. The number of likely N-dealkylation sites (tertiary alicyclic amines) is 1. The number of hydrogen-bond acceptors (Lipinski definition) is 3. The molecule has 1 atom stereocenters. The fourth-order valence-electron chi connectivity index (χ4n) is 2.14. The highest BCUT2D eigenvalue weighted by Crippen LogP contribution is 2.14. The maximum Gasteiger partial charge on any atom is 0.320 e. The first kappa shape index (κ1) is 11.4. The van der Waals surface area contributed by atoms with Crippen LogP contribution in [0.2, 0.25) is 0 Å². The van der Waals surface area contributed by atoms with Crippen LogP contribution in [0.25, 0.3) is 0 Å². The molecule has 2 aliphatic heterocycles. The number of amides is 2. The minimum atomic E-state index is -0.0151. The van der Waals surface area contributed by atoms with Gasteiger partial charge in [0.05, 0.1) is 13.2 Å². The van der Waals surface area contributed by atoms with Crippen LogP contribution in [-0.4, -0.2) is 61.0 Å². The minimum absolute atomic E-state index is 0.0151. The fraction of sp³-hybridized carbons (Fsp3) is 0.818.